The van der Waals surface area contributed by atoms with E-state index in [2.05, 4.69) is 4.98 Å². The van der Waals surface area contributed by atoms with Crippen LogP contribution in [-0.2, 0) is 16.0 Å². The van der Waals surface area contributed by atoms with Crippen molar-refractivity contribution in [1.29, 1.82) is 0 Å². The number of rotatable bonds is 6. The Morgan fingerprint density at radius 1 is 1.15 bits per heavy atom. The molecule has 1 aromatic heterocycles. The zero-order valence-corrected chi connectivity index (χ0v) is 23.5. The lowest BCUT2D eigenvalue weighted by molar-refractivity contribution is -0.132. The number of carbonyl (C=O) groups excluding carboxylic acids is 2. The molecule has 4 aromatic rings. The summed E-state index contributed by atoms with van der Waals surface area (Å²) in [6.45, 7) is 4.27. The van der Waals surface area contributed by atoms with E-state index in [1.165, 1.54) is 23.3 Å². The van der Waals surface area contributed by atoms with E-state index < -0.39 is 17.7 Å². The Morgan fingerprint density at radius 3 is 2.75 bits per heavy atom. The fourth-order valence-electron chi connectivity index (χ4n) is 5.19. The summed E-state index contributed by atoms with van der Waals surface area (Å²) in [5.41, 5.74) is 2.50. The molecule has 204 valence electrons. The van der Waals surface area contributed by atoms with Crippen LogP contribution in [0.15, 0.2) is 60.2 Å². The first-order chi connectivity index (χ1) is 19.3. The van der Waals surface area contributed by atoms with Crippen LogP contribution in [0, 0.1) is 0 Å². The molecule has 1 N–H and O–H groups in total. The van der Waals surface area contributed by atoms with Gasteiger partial charge in [0.05, 0.1) is 35.5 Å². The standard InChI is InChI=1S/C30H25ClN2O6S/c1-4-38-22-10-5-16(13-23(22)37-3)26-25(27(34)17-6-9-21-18(12-17)11-15(2)39-21)28(35)29(36)33(26)30-32-20-8-7-19(31)14-24(20)40-30/h5-10,12-15,26,34H,4,11H2,1-3H3. The van der Waals surface area contributed by atoms with Crippen LogP contribution in [0.5, 0.6) is 17.2 Å². The van der Waals surface area contributed by atoms with Crippen LogP contribution in [0.2, 0.25) is 5.02 Å². The first kappa shape index (κ1) is 26.2. The number of aromatic nitrogens is 1. The summed E-state index contributed by atoms with van der Waals surface area (Å²) >= 11 is 7.43. The van der Waals surface area contributed by atoms with Crippen molar-refractivity contribution in [2.45, 2.75) is 32.4 Å². The van der Waals surface area contributed by atoms with Gasteiger partial charge >= 0.3 is 5.91 Å². The third-order valence-corrected chi connectivity index (χ3v) is 8.21. The number of halogens is 1. The number of amides is 1. The van der Waals surface area contributed by atoms with Crippen molar-refractivity contribution in [2.24, 2.45) is 0 Å². The van der Waals surface area contributed by atoms with Crippen molar-refractivity contribution in [3.63, 3.8) is 0 Å². The minimum absolute atomic E-state index is 0.0156. The molecule has 1 amide bonds. The molecule has 1 fully saturated rings. The van der Waals surface area contributed by atoms with E-state index in [1.54, 1.807) is 54.6 Å². The maximum Gasteiger partial charge on any atom is 0.301 e. The lowest BCUT2D eigenvalue weighted by Gasteiger charge is -2.24. The topological polar surface area (TPSA) is 98.2 Å². The van der Waals surface area contributed by atoms with Crippen LogP contribution in [0.1, 0.15) is 36.6 Å². The molecule has 0 aliphatic carbocycles. The van der Waals surface area contributed by atoms with Gasteiger partial charge in [0, 0.05) is 17.0 Å². The normalized spacial score (nSPS) is 19.6. The molecule has 0 bridgehead atoms. The summed E-state index contributed by atoms with van der Waals surface area (Å²) in [6.07, 6.45) is 0.695. The number of aliphatic hydroxyl groups is 1. The number of fused-ring (bicyclic) bond motifs is 2. The van der Waals surface area contributed by atoms with Crippen LogP contribution < -0.4 is 19.1 Å². The molecule has 0 spiro atoms. The van der Waals surface area contributed by atoms with E-state index >= 15 is 0 Å². The van der Waals surface area contributed by atoms with Crippen LogP contribution in [0.4, 0.5) is 5.13 Å². The lowest BCUT2D eigenvalue weighted by Crippen LogP contribution is -2.29. The van der Waals surface area contributed by atoms with Gasteiger partial charge in [0.15, 0.2) is 16.6 Å². The second kappa shape index (κ2) is 10.1. The van der Waals surface area contributed by atoms with Crippen molar-refractivity contribution in [1.82, 2.24) is 4.98 Å². The Labute approximate surface area is 239 Å². The highest BCUT2D eigenvalue weighted by Gasteiger charge is 2.48. The van der Waals surface area contributed by atoms with E-state index in [1.807, 2.05) is 13.8 Å². The van der Waals surface area contributed by atoms with E-state index in [0.717, 1.165) is 16.0 Å². The molecule has 1 saturated heterocycles. The molecule has 3 aromatic carbocycles. The van der Waals surface area contributed by atoms with E-state index in [-0.39, 0.29) is 17.4 Å². The van der Waals surface area contributed by atoms with Gasteiger partial charge in [-0.2, -0.15) is 0 Å². The highest BCUT2D eigenvalue weighted by atomic mass is 35.5. The summed E-state index contributed by atoms with van der Waals surface area (Å²) in [5, 5.41) is 12.4. The molecule has 8 nitrogen and oxygen atoms in total. The molecule has 2 atom stereocenters. The Hall–Kier alpha value is -4.08. The quantitative estimate of drug-likeness (QED) is 0.163. The molecule has 2 aliphatic rings. The molecular formula is C30H25ClN2O6S. The van der Waals surface area contributed by atoms with Crippen molar-refractivity contribution in [2.75, 3.05) is 18.6 Å². The number of thiazole rings is 1. The van der Waals surface area contributed by atoms with Gasteiger partial charge in [0.1, 0.15) is 17.6 Å². The molecule has 10 heteroatoms. The maximum atomic E-state index is 13.6. The summed E-state index contributed by atoms with van der Waals surface area (Å²) in [5.74, 6) is -0.172. The molecule has 3 heterocycles. The minimum Gasteiger partial charge on any atom is -0.507 e. The number of hydrogen-bond acceptors (Lipinski definition) is 8. The fraction of sp³-hybridized carbons (Fsp3) is 0.233. The Balaban J connectivity index is 1.55. The van der Waals surface area contributed by atoms with E-state index in [9.17, 15) is 14.7 Å². The number of aliphatic hydroxyl groups excluding tert-OH is 1. The van der Waals surface area contributed by atoms with Crippen LogP contribution in [-0.4, -0.2) is 41.6 Å². The van der Waals surface area contributed by atoms with E-state index in [0.29, 0.717) is 51.3 Å². The molecule has 6 rings (SSSR count). The largest absolute Gasteiger partial charge is 0.507 e. The first-order valence-corrected chi connectivity index (χ1v) is 14.0. The highest BCUT2D eigenvalue weighted by Crippen LogP contribution is 2.46. The molecule has 2 unspecified atom stereocenters. The number of ketones is 1. The minimum atomic E-state index is -0.968. The van der Waals surface area contributed by atoms with Crippen molar-refractivity contribution in [3.05, 3.63) is 81.9 Å². The SMILES string of the molecule is CCOc1ccc(C2C(=C(O)c3ccc4c(c3)CC(C)O4)C(=O)C(=O)N2c2nc3ccc(Cl)cc3s2)cc1OC. The van der Waals surface area contributed by atoms with Crippen molar-refractivity contribution >= 4 is 55.7 Å². The fourth-order valence-corrected chi connectivity index (χ4v) is 6.46. The van der Waals surface area contributed by atoms with Gasteiger partial charge < -0.3 is 19.3 Å². The van der Waals surface area contributed by atoms with Gasteiger partial charge in [0.2, 0.25) is 0 Å². The van der Waals surface area contributed by atoms with Gasteiger partial charge in [-0.15, -0.1) is 0 Å². The summed E-state index contributed by atoms with van der Waals surface area (Å²) in [4.78, 5) is 33.2. The number of Topliss-reactive ketones (excluding diaryl/α,β-unsaturated/α-hetero) is 1. The second-order valence-corrected chi connectivity index (χ2v) is 11.0. The predicted octanol–water partition coefficient (Wildman–Crippen LogP) is 6.31. The van der Waals surface area contributed by atoms with Crippen LogP contribution in [0.25, 0.3) is 16.0 Å². The molecule has 2 aliphatic heterocycles. The lowest BCUT2D eigenvalue weighted by atomic mass is 9.94. The van der Waals surface area contributed by atoms with Gasteiger partial charge in [-0.3, -0.25) is 14.5 Å². The molecule has 40 heavy (non-hydrogen) atoms. The Morgan fingerprint density at radius 2 is 1.98 bits per heavy atom. The van der Waals surface area contributed by atoms with Crippen molar-refractivity contribution in [3.8, 4) is 17.2 Å². The Bertz CT molecular complexity index is 1710. The average molecular weight is 577 g/mol. The number of hydrogen-bond donors (Lipinski definition) is 1. The first-order valence-electron chi connectivity index (χ1n) is 12.8. The van der Waals surface area contributed by atoms with Crippen LogP contribution in [0.3, 0.4) is 0 Å². The number of ether oxygens (including phenoxy) is 3. The van der Waals surface area contributed by atoms with Crippen LogP contribution >= 0.6 is 22.9 Å². The summed E-state index contributed by atoms with van der Waals surface area (Å²) in [6, 6.07) is 14.7. The number of carbonyl (C=O) groups is 2. The summed E-state index contributed by atoms with van der Waals surface area (Å²) in [7, 11) is 1.52. The molecule has 0 radical (unpaired) electrons. The van der Waals surface area contributed by atoms with Gasteiger partial charge in [-0.25, -0.2) is 4.98 Å². The third-order valence-electron chi connectivity index (χ3n) is 6.96. The smallest absolute Gasteiger partial charge is 0.301 e. The number of benzene rings is 3. The number of methoxy groups -OCH3 is 1. The second-order valence-electron chi connectivity index (χ2n) is 9.58. The van der Waals surface area contributed by atoms with Gasteiger partial charge in [-0.1, -0.05) is 29.0 Å². The molecular weight excluding hydrogens is 552 g/mol. The van der Waals surface area contributed by atoms with Gasteiger partial charge in [-0.05, 0) is 73.5 Å². The Kier molecular flexibility index (Phi) is 6.64. The van der Waals surface area contributed by atoms with E-state index in [4.69, 9.17) is 25.8 Å². The monoisotopic (exact) mass is 576 g/mol. The maximum absolute atomic E-state index is 13.6. The summed E-state index contributed by atoms with van der Waals surface area (Å²) < 4.78 is 17.8. The number of anilines is 1. The van der Waals surface area contributed by atoms with Crippen molar-refractivity contribution < 1.29 is 28.9 Å². The number of nitrogens with zero attached hydrogens (tertiary/aromatic N) is 2. The highest BCUT2D eigenvalue weighted by molar-refractivity contribution is 7.22. The molecule has 0 saturated carbocycles. The predicted molar refractivity (Wildman–Crippen MR) is 154 cm³/mol. The third kappa shape index (κ3) is 4.35. The zero-order valence-electron chi connectivity index (χ0n) is 21.9. The average Bonchev–Trinajstić information content (AvgIpc) is 3.60. The van der Waals surface area contributed by atoms with Gasteiger partial charge in [0.25, 0.3) is 5.78 Å². The zero-order chi connectivity index (χ0) is 28.1.